The Balaban J connectivity index is 1.71. The zero-order valence-corrected chi connectivity index (χ0v) is 14.9. The van der Waals surface area contributed by atoms with E-state index >= 15 is 0 Å². The van der Waals surface area contributed by atoms with Crippen LogP contribution in [-0.2, 0) is 11.3 Å². The molecule has 1 aromatic heterocycles. The number of methoxy groups -OCH3 is 1. The van der Waals surface area contributed by atoms with Gasteiger partial charge in [-0.05, 0) is 24.6 Å². The van der Waals surface area contributed by atoms with Gasteiger partial charge >= 0.3 is 0 Å². The van der Waals surface area contributed by atoms with Gasteiger partial charge < -0.3 is 9.64 Å². The minimum Gasteiger partial charge on any atom is -0.378 e. The molecule has 6 nitrogen and oxygen atoms in total. The predicted molar refractivity (Wildman–Crippen MR) is 89.4 cm³/mol. The van der Waals surface area contributed by atoms with E-state index in [4.69, 9.17) is 16.3 Å². The van der Waals surface area contributed by atoms with Gasteiger partial charge in [0, 0.05) is 24.7 Å². The van der Waals surface area contributed by atoms with Crippen molar-refractivity contribution in [3.63, 3.8) is 0 Å². The number of halogens is 2. The van der Waals surface area contributed by atoms with Crippen molar-refractivity contribution in [3.8, 4) is 0 Å². The summed E-state index contributed by atoms with van der Waals surface area (Å²) in [6.07, 6.45) is 2.71. The summed E-state index contributed by atoms with van der Waals surface area (Å²) in [4.78, 5) is 14.5. The Morgan fingerprint density at radius 3 is 3.13 bits per heavy atom. The van der Waals surface area contributed by atoms with Gasteiger partial charge in [-0.25, -0.2) is 4.68 Å². The number of amides is 1. The van der Waals surface area contributed by atoms with Gasteiger partial charge in [0.15, 0.2) is 0 Å². The van der Waals surface area contributed by atoms with E-state index in [0.29, 0.717) is 30.3 Å². The van der Waals surface area contributed by atoms with Crippen LogP contribution in [0.5, 0.6) is 0 Å². The highest BCUT2D eigenvalue weighted by molar-refractivity contribution is 9.10. The molecule has 23 heavy (non-hydrogen) atoms. The molecule has 0 unspecified atom stereocenters. The van der Waals surface area contributed by atoms with E-state index in [-0.39, 0.29) is 11.9 Å². The van der Waals surface area contributed by atoms with E-state index in [2.05, 4.69) is 26.2 Å². The first kappa shape index (κ1) is 16.4. The van der Waals surface area contributed by atoms with Crippen LogP contribution in [0.15, 0.2) is 28.9 Å². The highest BCUT2D eigenvalue weighted by Gasteiger charge is 2.29. The second-order valence-electron chi connectivity index (χ2n) is 5.44. The largest absolute Gasteiger partial charge is 0.378 e. The van der Waals surface area contributed by atoms with Gasteiger partial charge in [-0.15, -0.1) is 5.10 Å². The summed E-state index contributed by atoms with van der Waals surface area (Å²) in [5, 5.41) is 8.65. The molecule has 0 spiro atoms. The van der Waals surface area contributed by atoms with Crippen LogP contribution in [0.3, 0.4) is 0 Å². The van der Waals surface area contributed by atoms with E-state index in [1.807, 2.05) is 16.9 Å². The fourth-order valence-corrected chi connectivity index (χ4v) is 3.24. The zero-order chi connectivity index (χ0) is 16.4. The lowest BCUT2D eigenvalue weighted by atomic mass is 10.2. The Bertz CT molecular complexity index is 721. The van der Waals surface area contributed by atoms with Crippen molar-refractivity contribution in [2.45, 2.75) is 19.1 Å². The molecule has 1 aliphatic heterocycles. The van der Waals surface area contributed by atoms with Crippen molar-refractivity contribution in [1.29, 1.82) is 0 Å². The summed E-state index contributed by atoms with van der Waals surface area (Å²) in [7, 11) is 1.62. The highest BCUT2D eigenvalue weighted by Crippen LogP contribution is 2.27. The van der Waals surface area contributed by atoms with Crippen molar-refractivity contribution in [3.05, 3.63) is 45.1 Å². The average Bonchev–Trinajstić information content (AvgIpc) is 3.18. The molecule has 2 aromatic rings. The van der Waals surface area contributed by atoms with Crippen LogP contribution < -0.4 is 0 Å². The molecule has 122 valence electrons. The highest BCUT2D eigenvalue weighted by atomic mass is 79.9. The van der Waals surface area contributed by atoms with Crippen molar-refractivity contribution >= 4 is 33.4 Å². The Hall–Kier alpha value is -1.44. The van der Waals surface area contributed by atoms with E-state index in [0.717, 1.165) is 16.6 Å². The molecule has 0 radical (unpaired) electrons. The molecule has 2 heterocycles. The Morgan fingerprint density at radius 1 is 1.52 bits per heavy atom. The number of likely N-dealkylation sites (tertiary alicyclic amines) is 1. The lowest BCUT2D eigenvalue weighted by molar-refractivity contribution is 0.0787. The van der Waals surface area contributed by atoms with Crippen molar-refractivity contribution < 1.29 is 9.53 Å². The molecule has 0 aliphatic carbocycles. The van der Waals surface area contributed by atoms with Gasteiger partial charge in [0.25, 0.3) is 5.91 Å². The van der Waals surface area contributed by atoms with Gasteiger partial charge in [-0.3, -0.25) is 4.79 Å². The number of aromatic nitrogens is 3. The molecule has 0 saturated carbocycles. The maximum absolute atomic E-state index is 12.7. The Morgan fingerprint density at radius 2 is 2.35 bits per heavy atom. The monoisotopic (exact) mass is 398 g/mol. The van der Waals surface area contributed by atoms with Crippen LogP contribution in [0.25, 0.3) is 0 Å². The van der Waals surface area contributed by atoms with Gasteiger partial charge in [-0.1, -0.05) is 32.7 Å². The summed E-state index contributed by atoms with van der Waals surface area (Å²) in [5.41, 5.74) is 1.30. The van der Waals surface area contributed by atoms with E-state index < -0.39 is 0 Å². The molecule has 3 rings (SSSR count). The Labute approximate surface area is 147 Å². The lowest BCUT2D eigenvalue weighted by Gasteiger charge is -2.17. The third-order valence-electron chi connectivity index (χ3n) is 3.83. The van der Waals surface area contributed by atoms with Crippen molar-refractivity contribution in [2.75, 3.05) is 20.2 Å². The molecule has 8 heteroatoms. The van der Waals surface area contributed by atoms with E-state index in [1.54, 1.807) is 24.1 Å². The third-order valence-corrected chi connectivity index (χ3v) is 4.66. The van der Waals surface area contributed by atoms with Crippen LogP contribution >= 0.6 is 27.5 Å². The molecule has 0 N–H and O–H groups in total. The fourth-order valence-electron chi connectivity index (χ4n) is 2.68. The summed E-state index contributed by atoms with van der Waals surface area (Å²) >= 11 is 9.53. The second-order valence-corrected chi connectivity index (χ2v) is 6.76. The minimum absolute atomic E-state index is 0.0592. The van der Waals surface area contributed by atoms with Crippen molar-refractivity contribution in [1.82, 2.24) is 19.9 Å². The average molecular weight is 400 g/mol. The first-order chi connectivity index (χ1) is 11.1. The van der Waals surface area contributed by atoms with Crippen molar-refractivity contribution in [2.24, 2.45) is 0 Å². The van der Waals surface area contributed by atoms with Gasteiger partial charge in [0.05, 0.1) is 29.4 Å². The molecule has 1 amide bonds. The summed E-state index contributed by atoms with van der Waals surface area (Å²) in [6.45, 7) is 1.70. The lowest BCUT2D eigenvalue weighted by Crippen LogP contribution is -2.29. The number of carbonyl (C=O) groups excluding carboxylic acids is 1. The van der Waals surface area contributed by atoms with Crippen LogP contribution in [0.4, 0.5) is 0 Å². The minimum atomic E-state index is -0.0592. The fraction of sp³-hybridized carbons (Fsp3) is 0.400. The van der Waals surface area contributed by atoms with E-state index in [9.17, 15) is 4.79 Å². The molecule has 1 atom stereocenters. The molecular weight excluding hydrogens is 384 g/mol. The predicted octanol–water partition coefficient (Wildman–Crippen LogP) is 2.93. The summed E-state index contributed by atoms with van der Waals surface area (Å²) in [5.74, 6) is -0.0592. The maximum Gasteiger partial charge on any atom is 0.255 e. The first-order valence-corrected chi connectivity index (χ1v) is 8.39. The topological polar surface area (TPSA) is 60.2 Å². The van der Waals surface area contributed by atoms with Crippen LogP contribution in [0, 0.1) is 0 Å². The number of rotatable bonds is 4. The normalized spacial score (nSPS) is 17.7. The van der Waals surface area contributed by atoms with Crippen LogP contribution in [0.2, 0.25) is 5.02 Å². The number of ether oxygens (including phenoxy) is 1. The SMILES string of the molecule is COCc1cn([C@@H]2CCN(C(=O)c3cc(Br)ccc3Cl)C2)nn1. The number of benzene rings is 1. The third kappa shape index (κ3) is 3.57. The first-order valence-electron chi connectivity index (χ1n) is 7.22. The van der Waals surface area contributed by atoms with Gasteiger partial charge in [-0.2, -0.15) is 0 Å². The maximum atomic E-state index is 12.7. The number of hydrogen-bond donors (Lipinski definition) is 0. The standard InChI is InChI=1S/C15H16BrClN4O2/c1-23-9-11-7-21(19-18-11)12-4-5-20(8-12)15(22)13-6-10(16)2-3-14(13)17/h2-3,6-7,12H,4-5,8-9H2,1H3/t12-/m1/s1. The van der Waals surface area contributed by atoms with E-state index in [1.165, 1.54) is 0 Å². The molecule has 0 bridgehead atoms. The number of carbonyl (C=O) groups is 1. The molecular formula is C15H16BrClN4O2. The second kappa shape index (κ2) is 6.98. The molecule has 1 aliphatic rings. The number of hydrogen-bond acceptors (Lipinski definition) is 4. The van der Waals surface area contributed by atoms with Crippen LogP contribution in [-0.4, -0.2) is 46.0 Å². The molecule has 1 aromatic carbocycles. The molecule has 1 fully saturated rings. The summed E-state index contributed by atoms with van der Waals surface area (Å²) in [6, 6.07) is 5.42. The summed E-state index contributed by atoms with van der Waals surface area (Å²) < 4.78 is 7.69. The van der Waals surface area contributed by atoms with Gasteiger partial charge in [0.1, 0.15) is 5.69 Å². The Kier molecular flexibility index (Phi) is 4.99. The number of nitrogens with zero attached hydrogens (tertiary/aromatic N) is 4. The zero-order valence-electron chi connectivity index (χ0n) is 12.6. The van der Waals surface area contributed by atoms with Crippen LogP contribution in [0.1, 0.15) is 28.5 Å². The van der Waals surface area contributed by atoms with Gasteiger partial charge in [0.2, 0.25) is 0 Å². The molecule has 1 saturated heterocycles. The smallest absolute Gasteiger partial charge is 0.255 e. The quantitative estimate of drug-likeness (QED) is 0.793.